The number of hydrogen-bond donors (Lipinski definition) is 3. The van der Waals surface area contributed by atoms with E-state index in [0.29, 0.717) is 38.2 Å². The predicted octanol–water partition coefficient (Wildman–Crippen LogP) is 3.92. The van der Waals surface area contributed by atoms with Gasteiger partial charge in [-0.3, -0.25) is 21.0 Å². The number of benzene rings is 1. The molecule has 0 bridgehead atoms. The fourth-order valence-corrected chi connectivity index (χ4v) is 4.33. The van der Waals surface area contributed by atoms with Crippen LogP contribution in [0.2, 0.25) is 10.0 Å². The predicted molar refractivity (Wildman–Crippen MR) is 132 cm³/mol. The van der Waals surface area contributed by atoms with Gasteiger partial charge < -0.3 is 15.4 Å². The number of nitrogens with two attached hydrogens (primary N) is 2. The summed E-state index contributed by atoms with van der Waals surface area (Å²) < 4.78 is 5.85. The zero-order chi connectivity index (χ0) is 23.5. The first-order valence-corrected chi connectivity index (χ1v) is 11.2. The normalized spacial score (nSPS) is 15.3. The third-order valence-corrected chi connectivity index (χ3v) is 6.07. The summed E-state index contributed by atoms with van der Waals surface area (Å²) in [4.78, 5) is 13.0. The van der Waals surface area contributed by atoms with Crippen molar-refractivity contribution in [3.05, 3.63) is 75.7 Å². The molecule has 1 aliphatic rings. The number of hydrogen-bond acceptors (Lipinski definition) is 8. The monoisotopic (exact) mass is 485 g/mol. The van der Waals surface area contributed by atoms with Gasteiger partial charge >= 0.3 is 0 Å². The van der Waals surface area contributed by atoms with Crippen molar-refractivity contribution in [2.24, 2.45) is 5.73 Å². The van der Waals surface area contributed by atoms with Crippen LogP contribution in [0.15, 0.2) is 48.9 Å². The van der Waals surface area contributed by atoms with Gasteiger partial charge in [-0.2, -0.15) is 0 Å². The highest BCUT2D eigenvalue weighted by atomic mass is 35.5. The lowest BCUT2D eigenvalue weighted by Gasteiger charge is -2.34. The number of pyridine rings is 2. The van der Waals surface area contributed by atoms with Gasteiger partial charge in [0.25, 0.3) is 0 Å². The third kappa shape index (κ3) is 5.20. The second kappa shape index (κ2) is 9.93. The van der Waals surface area contributed by atoms with Crippen molar-refractivity contribution in [1.82, 2.24) is 14.9 Å². The second-order valence-corrected chi connectivity index (χ2v) is 8.74. The number of nitrogens with zero attached hydrogens (tertiary/aromatic N) is 4. The van der Waals surface area contributed by atoms with Crippen molar-refractivity contribution in [3.8, 4) is 5.75 Å². The Morgan fingerprint density at radius 2 is 1.88 bits per heavy atom. The van der Waals surface area contributed by atoms with Crippen molar-refractivity contribution in [3.63, 3.8) is 0 Å². The zero-order valence-electron chi connectivity index (χ0n) is 18.1. The van der Waals surface area contributed by atoms with Crippen LogP contribution in [-0.2, 0) is 0 Å². The molecule has 5 N–H and O–H groups in total. The Morgan fingerprint density at radius 3 is 2.55 bits per heavy atom. The van der Waals surface area contributed by atoms with Crippen molar-refractivity contribution < 1.29 is 4.74 Å². The van der Waals surface area contributed by atoms with Gasteiger partial charge in [-0.25, -0.2) is 4.98 Å². The topological polar surface area (TPSA) is 117 Å². The van der Waals surface area contributed by atoms with E-state index in [0.717, 1.165) is 32.0 Å². The highest BCUT2D eigenvalue weighted by Crippen LogP contribution is 2.31. The Hall–Kier alpha value is -2.91. The van der Waals surface area contributed by atoms with E-state index in [2.05, 4.69) is 26.8 Å². The SMILES string of the molecule is CN1CCCN(c2ccc(C(=N)c3cc(O[C@H](N)c4c(Cl)cncc4Cl)ccc3N)cn2)C1. The van der Waals surface area contributed by atoms with E-state index >= 15 is 0 Å². The van der Waals surface area contributed by atoms with Gasteiger partial charge in [0, 0.05) is 54.1 Å². The van der Waals surface area contributed by atoms with Crippen molar-refractivity contribution >= 4 is 40.4 Å². The Bertz CT molecular complexity index is 1140. The summed E-state index contributed by atoms with van der Waals surface area (Å²) in [6, 6.07) is 8.85. The van der Waals surface area contributed by atoms with Crippen LogP contribution >= 0.6 is 23.2 Å². The molecule has 33 heavy (non-hydrogen) atoms. The molecule has 3 aromatic rings. The van der Waals surface area contributed by atoms with Crippen molar-refractivity contribution in [2.45, 2.75) is 12.6 Å². The van der Waals surface area contributed by atoms with Crippen molar-refractivity contribution in [1.29, 1.82) is 5.41 Å². The van der Waals surface area contributed by atoms with E-state index in [1.165, 1.54) is 12.4 Å². The lowest BCUT2D eigenvalue weighted by molar-refractivity contribution is 0.214. The van der Waals surface area contributed by atoms with Gasteiger partial charge in [0.15, 0.2) is 6.23 Å². The third-order valence-electron chi connectivity index (χ3n) is 5.47. The summed E-state index contributed by atoms with van der Waals surface area (Å²) in [5.74, 6) is 1.32. The summed E-state index contributed by atoms with van der Waals surface area (Å²) >= 11 is 12.4. The molecule has 2 aromatic heterocycles. The number of halogens is 2. The number of anilines is 2. The van der Waals surface area contributed by atoms with Gasteiger partial charge in [0.2, 0.25) is 0 Å². The molecule has 3 heterocycles. The lowest BCUT2D eigenvalue weighted by Crippen LogP contribution is -2.43. The maximum absolute atomic E-state index is 8.69. The lowest BCUT2D eigenvalue weighted by atomic mass is 10.0. The maximum Gasteiger partial charge on any atom is 0.177 e. The fourth-order valence-electron chi connectivity index (χ4n) is 3.75. The maximum atomic E-state index is 8.69. The molecule has 0 aliphatic carbocycles. The second-order valence-electron chi connectivity index (χ2n) is 7.92. The highest BCUT2D eigenvalue weighted by Gasteiger charge is 2.19. The van der Waals surface area contributed by atoms with Gasteiger partial charge in [-0.15, -0.1) is 0 Å². The number of nitrogens with one attached hydrogen (secondary N) is 1. The standard InChI is InChI=1S/C23H25Cl2N7O/c1-31-7-2-8-32(13-31)20-6-3-14(10-30-20)22(27)16-9-15(4-5-19(16)26)33-23(28)21-17(24)11-29-12-18(21)25/h3-6,9-12,23,27H,2,7-8,13,26,28H2,1H3/t23-/m0/s1. The van der Waals surface area contributed by atoms with Gasteiger partial charge in [-0.05, 0) is 43.8 Å². The van der Waals surface area contributed by atoms with E-state index in [4.69, 9.17) is 44.8 Å². The molecule has 0 saturated carbocycles. The first kappa shape index (κ1) is 23.3. The largest absolute Gasteiger partial charge is 0.471 e. The summed E-state index contributed by atoms with van der Waals surface area (Å²) in [5.41, 5.74) is 14.6. The van der Waals surface area contributed by atoms with Crippen LogP contribution in [0.3, 0.4) is 0 Å². The Labute approximate surface area is 202 Å². The minimum atomic E-state index is -0.915. The van der Waals surface area contributed by atoms with Crippen LogP contribution < -0.4 is 21.1 Å². The minimum Gasteiger partial charge on any atom is -0.471 e. The highest BCUT2D eigenvalue weighted by molar-refractivity contribution is 6.35. The van der Waals surface area contributed by atoms with Crippen LogP contribution in [0.4, 0.5) is 11.5 Å². The number of ether oxygens (including phenoxy) is 1. The van der Waals surface area contributed by atoms with Crippen LogP contribution in [0.1, 0.15) is 29.3 Å². The Balaban J connectivity index is 1.53. The molecular formula is C23H25Cl2N7O. The summed E-state index contributed by atoms with van der Waals surface area (Å²) in [7, 11) is 2.09. The van der Waals surface area contributed by atoms with E-state index in [-0.39, 0.29) is 5.71 Å². The smallest absolute Gasteiger partial charge is 0.177 e. The molecule has 1 aliphatic heterocycles. The molecule has 0 radical (unpaired) electrons. The van der Waals surface area contributed by atoms with Crippen molar-refractivity contribution in [2.75, 3.05) is 37.4 Å². The summed E-state index contributed by atoms with van der Waals surface area (Å²) in [6.45, 7) is 2.88. The Morgan fingerprint density at radius 1 is 1.12 bits per heavy atom. The van der Waals surface area contributed by atoms with Gasteiger partial charge in [0.1, 0.15) is 11.6 Å². The number of rotatable bonds is 6. The summed E-state index contributed by atoms with van der Waals surface area (Å²) in [6.07, 6.45) is 4.78. The minimum absolute atomic E-state index is 0.237. The van der Waals surface area contributed by atoms with Gasteiger partial charge in [-0.1, -0.05) is 23.2 Å². The average molecular weight is 486 g/mol. The molecule has 1 atom stereocenters. The quantitative estimate of drug-likeness (QED) is 0.275. The van der Waals surface area contributed by atoms with Gasteiger partial charge in [0.05, 0.1) is 22.4 Å². The number of nitrogen functional groups attached to an aromatic ring is 1. The Kier molecular flexibility index (Phi) is 6.99. The molecule has 172 valence electrons. The average Bonchev–Trinajstić information content (AvgIpc) is 2.80. The van der Waals surface area contributed by atoms with Crippen LogP contribution in [0.25, 0.3) is 0 Å². The molecule has 1 fully saturated rings. The fraction of sp³-hybridized carbons (Fsp3) is 0.261. The molecule has 10 heteroatoms. The molecule has 8 nitrogen and oxygen atoms in total. The van der Waals surface area contributed by atoms with E-state index < -0.39 is 6.23 Å². The molecule has 4 rings (SSSR count). The molecule has 1 aromatic carbocycles. The first-order valence-electron chi connectivity index (χ1n) is 10.4. The van der Waals surface area contributed by atoms with E-state index in [1.54, 1.807) is 24.4 Å². The van der Waals surface area contributed by atoms with E-state index in [1.807, 2.05) is 12.1 Å². The van der Waals surface area contributed by atoms with E-state index in [9.17, 15) is 0 Å². The first-order chi connectivity index (χ1) is 15.8. The summed E-state index contributed by atoms with van der Waals surface area (Å²) in [5, 5.41) is 9.31. The molecule has 0 unspecified atom stereocenters. The molecule has 1 saturated heterocycles. The molecular weight excluding hydrogens is 461 g/mol. The molecule has 0 amide bonds. The molecule has 0 spiro atoms. The van der Waals surface area contributed by atoms with Crippen LogP contribution in [0.5, 0.6) is 5.75 Å². The number of aromatic nitrogens is 2. The van der Waals surface area contributed by atoms with Crippen LogP contribution in [-0.4, -0.2) is 47.4 Å². The zero-order valence-corrected chi connectivity index (χ0v) is 19.6. The van der Waals surface area contributed by atoms with Crippen LogP contribution in [0, 0.1) is 5.41 Å².